The first-order valence-corrected chi connectivity index (χ1v) is 12.5. The third-order valence-corrected chi connectivity index (χ3v) is 6.67. The maximum Gasteiger partial charge on any atom is 0.319 e. The number of rotatable bonds is 7. The van der Waals surface area contributed by atoms with Crippen molar-refractivity contribution in [3.8, 4) is 5.69 Å². The van der Waals surface area contributed by atoms with Gasteiger partial charge in [0.15, 0.2) is 22.6 Å². The number of benzene rings is 3. The van der Waals surface area contributed by atoms with Crippen molar-refractivity contribution in [1.82, 2.24) is 20.1 Å². The molecule has 0 radical (unpaired) electrons. The van der Waals surface area contributed by atoms with Crippen LogP contribution in [0.2, 0.25) is 5.02 Å². The minimum Gasteiger partial charge on any atom is -0.328 e. The van der Waals surface area contributed by atoms with Crippen molar-refractivity contribution in [3.63, 3.8) is 0 Å². The van der Waals surface area contributed by atoms with Gasteiger partial charge < -0.3 is 10.6 Å². The molecule has 1 atom stereocenters. The standard InChI is InChI=1S/C26H24ClF2N5OS/c1-15-5-4-6-18(11-15)14-36-26-33-32-24(34(26)23-12-19(27)8-7-16(23)2)17(3)30-25(35)31-20-9-10-21(28)22(29)13-20/h4-13,17H,14H2,1-3H3,(H2,30,31,35). The number of urea groups is 1. The van der Waals surface area contributed by atoms with Crippen LogP contribution in [0.5, 0.6) is 0 Å². The van der Waals surface area contributed by atoms with Crippen LogP contribution in [0, 0.1) is 25.5 Å². The Bertz CT molecular complexity index is 1410. The van der Waals surface area contributed by atoms with Gasteiger partial charge in [-0.05, 0) is 56.2 Å². The number of hydrogen-bond donors (Lipinski definition) is 2. The Hall–Kier alpha value is -3.43. The molecule has 10 heteroatoms. The van der Waals surface area contributed by atoms with Crippen LogP contribution in [0.3, 0.4) is 0 Å². The van der Waals surface area contributed by atoms with Crippen LogP contribution in [0.1, 0.15) is 35.5 Å². The van der Waals surface area contributed by atoms with E-state index in [1.165, 1.54) is 23.4 Å². The molecule has 1 unspecified atom stereocenters. The van der Waals surface area contributed by atoms with Gasteiger partial charge in [-0.25, -0.2) is 13.6 Å². The number of carbonyl (C=O) groups is 1. The van der Waals surface area contributed by atoms with Crippen LogP contribution in [0.25, 0.3) is 5.69 Å². The van der Waals surface area contributed by atoms with Gasteiger partial charge in [-0.2, -0.15) is 0 Å². The van der Waals surface area contributed by atoms with Crippen molar-refractivity contribution in [1.29, 1.82) is 0 Å². The molecule has 6 nitrogen and oxygen atoms in total. The maximum absolute atomic E-state index is 13.5. The SMILES string of the molecule is Cc1cccc(CSc2nnc(C(C)NC(=O)Nc3ccc(F)c(F)c3)n2-c2cc(Cl)ccc2C)c1. The van der Waals surface area contributed by atoms with E-state index in [9.17, 15) is 13.6 Å². The Balaban J connectivity index is 1.60. The summed E-state index contributed by atoms with van der Waals surface area (Å²) in [6.45, 7) is 5.77. The van der Waals surface area contributed by atoms with E-state index in [4.69, 9.17) is 11.6 Å². The zero-order valence-electron chi connectivity index (χ0n) is 19.8. The van der Waals surface area contributed by atoms with E-state index < -0.39 is 23.7 Å². The van der Waals surface area contributed by atoms with Gasteiger partial charge in [0.2, 0.25) is 0 Å². The van der Waals surface area contributed by atoms with E-state index in [0.29, 0.717) is 21.8 Å². The average Bonchev–Trinajstić information content (AvgIpc) is 3.25. The van der Waals surface area contributed by atoms with Crippen LogP contribution >= 0.6 is 23.4 Å². The number of thioether (sulfide) groups is 1. The number of hydrogen-bond acceptors (Lipinski definition) is 4. The van der Waals surface area contributed by atoms with Crippen LogP contribution in [-0.2, 0) is 5.75 Å². The van der Waals surface area contributed by atoms with E-state index in [-0.39, 0.29) is 5.69 Å². The zero-order chi connectivity index (χ0) is 25.8. The number of nitrogens with zero attached hydrogens (tertiary/aromatic N) is 3. The molecule has 1 heterocycles. The number of anilines is 1. The number of nitrogens with one attached hydrogen (secondary N) is 2. The second kappa shape index (κ2) is 11.1. The number of carbonyl (C=O) groups excluding carboxylic acids is 1. The van der Waals surface area contributed by atoms with E-state index in [1.54, 1.807) is 13.0 Å². The Morgan fingerprint density at radius 2 is 1.86 bits per heavy atom. The maximum atomic E-state index is 13.5. The van der Waals surface area contributed by atoms with E-state index in [2.05, 4.69) is 33.0 Å². The first-order valence-electron chi connectivity index (χ1n) is 11.1. The number of halogens is 3. The normalized spacial score (nSPS) is 11.8. The summed E-state index contributed by atoms with van der Waals surface area (Å²) >= 11 is 7.83. The molecule has 0 aliphatic heterocycles. The predicted octanol–water partition coefficient (Wildman–Crippen LogP) is 6.99. The number of aromatic nitrogens is 3. The lowest BCUT2D eigenvalue weighted by Gasteiger charge is -2.18. The first kappa shape index (κ1) is 25.7. The molecule has 0 spiro atoms. The van der Waals surface area contributed by atoms with Gasteiger partial charge in [0.05, 0.1) is 11.7 Å². The van der Waals surface area contributed by atoms with Gasteiger partial charge in [0, 0.05) is 22.5 Å². The molecule has 4 aromatic rings. The van der Waals surface area contributed by atoms with Gasteiger partial charge in [0.25, 0.3) is 0 Å². The largest absolute Gasteiger partial charge is 0.328 e. The molecule has 0 aliphatic carbocycles. The van der Waals surface area contributed by atoms with Crippen molar-refractivity contribution < 1.29 is 13.6 Å². The highest BCUT2D eigenvalue weighted by atomic mass is 35.5. The first-order chi connectivity index (χ1) is 17.2. The Labute approximate surface area is 217 Å². The molecule has 2 N–H and O–H groups in total. The fourth-order valence-electron chi connectivity index (χ4n) is 3.66. The summed E-state index contributed by atoms with van der Waals surface area (Å²) in [7, 11) is 0. The summed E-state index contributed by atoms with van der Waals surface area (Å²) in [6, 6.07) is 15.7. The lowest BCUT2D eigenvalue weighted by molar-refractivity contribution is 0.248. The van der Waals surface area contributed by atoms with E-state index in [0.717, 1.165) is 28.9 Å². The molecule has 0 fully saturated rings. The molecule has 0 bridgehead atoms. The molecular formula is C26H24ClF2N5OS. The van der Waals surface area contributed by atoms with Crippen LogP contribution in [0.15, 0.2) is 65.8 Å². The highest BCUT2D eigenvalue weighted by Crippen LogP contribution is 2.30. The van der Waals surface area contributed by atoms with Gasteiger partial charge in [0.1, 0.15) is 0 Å². The minimum atomic E-state index is -1.05. The van der Waals surface area contributed by atoms with Crippen molar-refractivity contribution in [2.75, 3.05) is 5.32 Å². The molecule has 36 heavy (non-hydrogen) atoms. The lowest BCUT2D eigenvalue weighted by Crippen LogP contribution is -2.32. The average molecular weight is 528 g/mol. The van der Waals surface area contributed by atoms with Crippen molar-refractivity contribution in [3.05, 3.63) is 99.8 Å². The second-order valence-electron chi connectivity index (χ2n) is 8.33. The minimum absolute atomic E-state index is 0.125. The number of amides is 2. The summed E-state index contributed by atoms with van der Waals surface area (Å²) in [5.74, 6) is -0.868. The summed E-state index contributed by atoms with van der Waals surface area (Å²) in [5, 5.41) is 15.3. The fraction of sp³-hybridized carbons (Fsp3) is 0.192. The van der Waals surface area contributed by atoms with Crippen molar-refractivity contribution in [2.24, 2.45) is 0 Å². The molecule has 186 valence electrons. The molecule has 0 saturated heterocycles. The molecule has 2 amide bonds. The van der Waals surface area contributed by atoms with Crippen molar-refractivity contribution in [2.45, 2.75) is 37.7 Å². The van der Waals surface area contributed by atoms with Crippen LogP contribution in [0.4, 0.5) is 19.3 Å². The van der Waals surface area contributed by atoms with Gasteiger partial charge in [-0.15, -0.1) is 10.2 Å². The van der Waals surface area contributed by atoms with Gasteiger partial charge >= 0.3 is 6.03 Å². The van der Waals surface area contributed by atoms with Crippen LogP contribution < -0.4 is 10.6 Å². The smallest absolute Gasteiger partial charge is 0.319 e. The van der Waals surface area contributed by atoms with Gasteiger partial charge in [-0.1, -0.05) is 59.3 Å². The molecule has 0 aliphatic rings. The number of aryl methyl sites for hydroxylation is 2. The molecule has 3 aromatic carbocycles. The third-order valence-electron chi connectivity index (χ3n) is 5.43. The topological polar surface area (TPSA) is 71.8 Å². The molecular weight excluding hydrogens is 504 g/mol. The quantitative estimate of drug-likeness (QED) is 0.254. The van der Waals surface area contributed by atoms with E-state index >= 15 is 0 Å². The summed E-state index contributed by atoms with van der Waals surface area (Å²) < 4.78 is 28.6. The van der Waals surface area contributed by atoms with Crippen LogP contribution in [-0.4, -0.2) is 20.8 Å². The second-order valence-corrected chi connectivity index (χ2v) is 9.71. The van der Waals surface area contributed by atoms with Crippen molar-refractivity contribution >= 4 is 35.1 Å². The highest BCUT2D eigenvalue weighted by Gasteiger charge is 2.22. The monoisotopic (exact) mass is 527 g/mol. The van der Waals surface area contributed by atoms with Gasteiger partial charge in [-0.3, -0.25) is 4.57 Å². The fourth-order valence-corrected chi connectivity index (χ4v) is 4.72. The molecule has 0 saturated carbocycles. The lowest BCUT2D eigenvalue weighted by atomic mass is 10.2. The summed E-state index contributed by atoms with van der Waals surface area (Å²) in [5.41, 5.74) is 4.20. The Morgan fingerprint density at radius 1 is 1.06 bits per heavy atom. The Morgan fingerprint density at radius 3 is 2.61 bits per heavy atom. The zero-order valence-corrected chi connectivity index (χ0v) is 21.4. The Kier molecular flexibility index (Phi) is 7.91. The summed E-state index contributed by atoms with van der Waals surface area (Å²) in [6.07, 6.45) is 0. The predicted molar refractivity (Wildman–Crippen MR) is 139 cm³/mol. The highest BCUT2D eigenvalue weighted by molar-refractivity contribution is 7.98. The molecule has 4 rings (SSSR count). The third kappa shape index (κ3) is 6.03. The summed E-state index contributed by atoms with van der Waals surface area (Å²) in [4.78, 5) is 12.6. The molecule has 1 aromatic heterocycles. The van der Waals surface area contributed by atoms with E-state index in [1.807, 2.05) is 42.7 Å².